The molecule has 0 aliphatic rings. The Morgan fingerprint density at radius 3 is 1.08 bits per heavy atom. The minimum Gasteiger partial charge on any atom is -0.316 e. The van der Waals surface area contributed by atoms with Crippen LogP contribution in [0.3, 0.4) is 0 Å². The number of hydrogen-bond acceptors (Lipinski definition) is 3. The van der Waals surface area contributed by atoms with Crippen LogP contribution in [0.15, 0.2) is 0 Å². The lowest BCUT2D eigenvalue weighted by molar-refractivity contribution is -0.131. The van der Waals surface area contributed by atoms with E-state index in [-0.39, 0.29) is 37.0 Å². The zero-order valence-corrected chi connectivity index (χ0v) is 24.7. The zero-order chi connectivity index (χ0) is 27.6. The second-order valence-electron chi connectivity index (χ2n) is 10.6. The molecule has 0 aliphatic heterocycles. The van der Waals surface area contributed by atoms with Crippen LogP contribution < -0.4 is 16.0 Å². The average molecular weight is 523 g/mol. The Bertz CT molecular complexity index is 562. The van der Waals surface area contributed by atoms with Gasteiger partial charge in [0.25, 0.3) is 0 Å². The second kappa shape index (κ2) is 24.7. The van der Waals surface area contributed by atoms with Gasteiger partial charge in [-0.2, -0.15) is 0 Å². The summed E-state index contributed by atoms with van der Waals surface area (Å²) >= 11 is 0. The Morgan fingerprint density at radius 1 is 0.486 bits per heavy atom. The van der Waals surface area contributed by atoms with Crippen molar-refractivity contribution in [2.45, 2.75) is 174 Å². The third-order valence-electron chi connectivity index (χ3n) is 7.08. The molecule has 0 atom stereocenters. The topological polar surface area (TPSA) is 87.3 Å². The second-order valence-corrected chi connectivity index (χ2v) is 10.6. The Labute approximate surface area is 229 Å². The van der Waals surface area contributed by atoms with E-state index in [9.17, 15) is 14.4 Å². The summed E-state index contributed by atoms with van der Waals surface area (Å²) in [7, 11) is 0. The molecule has 0 spiro atoms. The van der Waals surface area contributed by atoms with Crippen molar-refractivity contribution in [3.05, 3.63) is 6.92 Å². The first kappa shape index (κ1) is 35.4. The Morgan fingerprint density at radius 2 is 0.784 bits per heavy atom. The molecule has 0 heterocycles. The summed E-state index contributed by atoms with van der Waals surface area (Å²) < 4.78 is 0. The van der Waals surface area contributed by atoms with Gasteiger partial charge in [0.15, 0.2) is 5.79 Å². The van der Waals surface area contributed by atoms with Crippen LogP contribution in [0.4, 0.5) is 0 Å². The first-order valence-electron chi connectivity index (χ1n) is 15.6. The fourth-order valence-corrected chi connectivity index (χ4v) is 4.60. The molecule has 1 radical (unpaired) electrons. The molecular weight excluding hydrogens is 462 g/mol. The third-order valence-corrected chi connectivity index (χ3v) is 7.08. The summed E-state index contributed by atoms with van der Waals surface area (Å²) in [5.41, 5.74) is 0. The quantitative estimate of drug-likeness (QED) is 0.0798. The summed E-state index contributed by atoms with van der Waals surface area (Å²) in [6.45, 7) is 9.56. The smallest absolute Gasteiger partial charge is 0.223 e. The molecule has 0 aromatic heterocycles. The van der Waals surface area contributed by atoms with Crippen molar-refractivity contribution in [2.75, 3.05) is 0 Å². The van der Waals surface area contributed by atoms with Crippen molar-refractivity contribution >= 4 is 17.7 Å². The van der Waals surface area contributed by atoms with Crippen LogP contribution in [0.25, 0.3) is 0 Å². The maximum atomic E-state index is 12.5. The van der Waals surface area contributed by atoms with Gasteiger partial charge >= 0.3 is 0 Å². The number of hydrogen-bond donors (Lipinski definition) is 3. The van der Waals surface area contributed by atoms with Crippen LogP contribution >= 0.6 is 0 Å². The number of nitrogens with one attached hydrogen (secondary N) is 3. The van der Waals surface area contributed by atoms with E-state index in [2.05, 4.69) is 29.8 Å². The SMILES string of the molecule is [CH2]CC(NC(=O)CC)(NC(=O)CC)NC(=O)CCCCCCCCCCCCCCCCCCCCC. The lowest BCUT2D eigenvalue weighted by Gasteiger charge is -2.35. The van der Waals surface area contributed by atoms with Crippen molar-refractivity contribution in [3.63, 3.8) is 0 Å². The highest BCUT2D eigenvalue weighted by molar-refractivity contribution is 5.83. The summed E-state index contributed by atoms with van der Waals surface area (Å²) in [6.07, 6.45) is 26.1. The third kappa shape index (κ3) is 21.1. The highest BCUT2D eigenvalue weighted by atomic mass is 16.2. The van der Waals surface area contributed by atoms with E-state index in [0.717, 1.165) is 19.3 Å². The summed E-state index contributed by atoms with van der Waals surface area (Å²) in [4.78, 5) is 36.4. The highest BCUT2D eigenvalue weighted by Crippen LogP contribution is 2.15. The van der Waals surface area contributed by atoms with Crippen molar-refractivity contribution in [3.8, 4) is 0 Å². The fraction of sp³-hybridized carbons (Fsp3) is 0.871. The van der Waals surface area contributed by atoms with E-state index < -0.39 is 5.79 Å². The van der Waals surface area contributed by atoms with Crippen LogP contribution in [0.1, 0.15) is 168 Å². The maximum absolute atomic E-state index is 12.5. The molecule has 0 aromatic carbocycles. The summed E-state index contributed by atoms with van der Waals surface area (Å²) in [5, 5.41) is 8.25. The molecule has 0 unspecified atom stereocenters. The van der Waals surface area contributed by atoms with E-state index in [0.29, 0.717) is 6.42 Å². The van der Waals surface area contributed by atoms with Crippen LogP contribution in [-0.2, 0) is 14.4 Å². The predicted octanol–water partition coefficient (Wildman–Crippen LogP) is 7.85. The molecular formula is C31H60N3O3. The largest absolute Gasteiger partial charge is 0.316 e. The van der Waals surface area contributed by atoms with Crippen LogP contribution in [0, 0.1) is 6.92 Å². The van der Waals surface area contributed by atoms with E-state index in [1.54, 1.807) is 13.8 Å². The molecule has 0 rings (SSSR count). The summed E-state index contributed by atoms with van der Waals surface area (Å²) in [5.74, 6) is -1.98. The van der Waals surface area contributed by atoms with Gasteiger partial charge in [0.05, 0.1) is 0 Å². The number of carbonyl (C=O) groups is 3. The molecule has 3 amide bonds. The predicted molar refractivity (Wildman–Crippen MR) is 156 cm³/mol. The van der Waals surface area contributed by atoms with Gasteiger partial charge in [0.2, 0.25) is 17.7 Å². The van der Waals surface area contributed by atoms with Crippen molar-refractivity contribution in [2.24, 2.45) is 0 Å². The molecule has 0 fully saturated rings. The van der Waals surface area contributed by atoms with Crippen molar-refractivity contribution < 1.29 is 14.4 Å². The van der Waals surface area contributed by atoms with Gasteiger partial charge in [0.1, 0.15) is 0 Å². The first-order valence-corrected chi connectivity index (χ1v) is 15.6. The van der Waals surface area contributed by atoms with E-state index in [1.807, 2.05) is 0 Å². The van der Waals surface area contributed by atoms with Gasteiger partial charge in [-0.1, -0.05) is 136 Å². The monoisotopic (exact) mass is 522 g/mol. The lowest BCUT2D eigenvalue weighted by atomic mass is 10.0. The average Bonchev–Trinajstić information content (AvgIpc) is 2.89. The van der Waals surface area contributed by atoms with Gasteiger partial charge in [-0.25, -0.2) is 0 Å². The van der Waals surface area contributed by atoms with Crippen LogP contribution in [0.2, 0.25) is 0 Å². The number of rotatable bonds is 26. The van der Waals surface area contributed by atoms with Crippen molar-refractivity contribution in [1.82, 2.24) is 16.0 Å². The first-order chi connectivity index (χ1) is 17.9. The Balaban J connectivity index is 3.73. The van der Waals surface area contributed by atoms with E-state index in [4.69, 9.17) is 0 Å². The Kier molecular flexibility index (Phi) is 23.7. The molecule has 0 aromatic rings. The van der Waals surface area contributed by atoms with Crippen LogP contribution in [0.5, 0.6) is 0 Å². The van der Waals surface area contributed by atoms with Crippen LogP contribution in [-0.4, -0.2) is 23.5 Å². The molecule has 0 aliphatic carbocycles. The molecule has 6 nitrogen and oxygen atoms in total. The van der Waals surface area contributed by atoms with Gasteiger partial charge in [0, 0.05) is 25.7 Å². The minimum absolute atomic E-state index is 0.134. The molecule has 0 bridgehead atoms. The van der Waals surface area contributed by atoms with Crippen molar-refractivity contribution in [1.29, 1.82) is 0 Å². The fourth-order valence-electron chi connectivity index (χ4n) is 4.60. The zero-order valence-electron chi connectivity index (χ0n) is 24.7. The van der Waals surface area contributed by atoms with Gasteiger partial charge in [-0.3, -0.25) is 14.4 Å². The van der Waals surface area contributed by atoms with Gasteiger partial charge < -0.3 is 16.0 Å². The molecule has 3 N–H and O–H groups in total. The van der Waals surface area contributed by atoms with E-state index in [1.165, 1.54) is 103 Å². The maximum Gasteiger partial charge on any atom is 0.223 e. The molecule has 0 saturated heterocycles. The number of unbranched alkanes of at least 4 members (excludes halogenated alkanes) is 18. The normalized spacial score (nSPS) is 11.4. The Hall–Kier alpha value is -1.59. The molecule has 37 heavy (non-hydrogen) atoms. The highest BCUT2D eigenvalue weighted by Gasteiger charge is 2.32. The lowest BCUT2D eigenvalue weighted by Crippen LogP contribution is -2.70. The molecule has 6 heteroatoms. The van der Waals surface area contributed by atoms with E-state index >= 15 is 0 Å². The number of amides is 3. The molecule has 217 valence electrons. The molecule has 0 saturated carbocycles. The summed E-state index contributed by atoms with van der Waals surface area (Å²) in [6, 6.07) is 0. The number of carbonyl (C=O) groups excluding carboxylic acids is 3. The standard InChI is InChI=1S/C31H60N3O3/c1-5-9-10-11-12-13-14-15-16-17-18-19-20-21-22-23-24-25-26-27-30(37)34-31(8-4,32-28(35)6-2)33-29(36)7-3/h4-27H2,1-3H3,(H,32,35)(H,33,36)(H,34,37). The van der Waals surface area contributed by atoms with Gasteiger partial charge in [-0.15, -0.1) is 0 Å². The van der Waals surface area contributed by atoms with Gasteiger partial charge in [-0.05, 0) is 13.3 Å². The minimum atomic E-state index is -1.31.